The first-order chi connectivity index (χ1) is 27.2. The standard InChI is InChI=1S/C40H34O17/c1-52-31-14-21(6-9-25(31)43)30-17-29(47)36-28(46)15-22(16-32(36)55-30)54-40-38(51)39(57-35(49)11-5-20-3-8-24(42)27(45)13-20)37(50)33(56-40)18-53-34(48)10-4-19-2-7-23(41)26(44)12-19/h2-17,33,37-46,50-51H,18H2,1H3/t33-,37-,38-,39+,40-/m1/s1. The molecule has 6 rings (SSSR count). The van der Waals surface area contributed by atoms with Gasteiger partial charge in [-0.2, -0.15) is 0 Å². The first kappa shape index (κ1) is 39.5. The topological polar surface area (TPSA) is 272 Å². The Kier molecular flexibility index (Phi) is 11.5. The Balaban J connectivity index is 1.26. The lowest BCUT2D eigenvalue weighted by Crippen LogP contribution is -2.61. The third-order valence-corrected chi connectivity index (χ3v) is 8.61. The summed E-state index contributed by atoms with van der Waals surface area (Å²) in [6, 6.07) is 15.1. The lowest BCUT2D eigenvalue weighted by molar-refractivity contribution is -0.281. The van der Waals surface area contributed by atoms with Gasteiger partial charge in [-0.25, -0.2) is 9.59 Å². The van der Waals surface area contributed by atoms with Crippen molar-refractivity contribution >= 4 is 35.1 Å². The minimum atomic E-state index is -1.93. The number of carbonyl (C=O) groups is 2. The Hall–Kier alpha value is -7.21. The Labute approximate surface area is 321 Å². The number of rotatable bonds is 11. The van der Waals surface area contributed by atoms with E-state index in [0.29, 0.717) is 11.1 Å². The van der Waals surface area contributed by atoms with Crippen LogP contribution in [-0.4, -0.2) is 97.2 Å². The zero-order valence-electron chi connectivity index (χ0n) is 29.6. The van der Waals surface area contributed by atoms with Crippen LogP contribution in [0.5, 0.6) is 46.0 Å². The molecule has 0 radical (unpaired) electrons. The molecule has 5 aromatic rings. The van der Waals surface area contributed by atoms with Crippen LogP contribution in [0.2, 0.25) is 0 Å². The monoisotopic (exact) mass is 786 g/mol. The number of esters is 2. The average Bonchev–Trinajstić information content (AvgIpc) is 3.17. The number of phenols is 6. The Morgan fingerprint density at radius 2 is 1.35 bits per heavy atom. The molecular weight excluding hydrogens is 752 g/mol. The van der Waals surface area contributed by atoms with E-state index in [9.17, 15) is 55.2 Å². The number of aliphatic hydroxyl groups excluding tert-OH is 2. The van der Waals surface area contributed by atoms with Gasteiger partial charge < -0.3 is 69.0 Å². The second kappa shape index (κ2) is 16.7. The quantitative estimate of drug-likeness (QED) is 0.0541. The third kappa shape index (κ3) is 9.03. The zero-order chi connectivity index (χ0) is 41.0. The Morgan fingerprint density at radius 1 is 0.719 bits per heavy atom. The fourth-order valence-electron chi connectivity index (χ4n) is 5.70. The number of phenolic OH excluding ortho intramolecular Hbond substituents is 6. The molecule has 1 aliphatic heterocycles. The number of benzene rings is 4. The van der Waals surface area contributed by atoms with Crippen molar-refractivity contribution in [1.82, 2.24) is 0 Å². The molecular formula is C40H34O17. The van der Waals surface area contributed by atoms with Gasteiger partial charge >= 0.3 is 11.9 Å². The fraction of sp³-hybridized carbons (Fsp3) is 0.175. The van der Waals surface area contributed by atoms with Gasteiger partial charge in [0.2, 0.25) is 6.29 Å². The van der Waals surface area contributed by atoms with Gasteiger partial charge in [-0.05, 0) is 65.7 Å². The van der Waals surface area contributed by atoms with Gasteiger partial charge in [0.15, 0.2) is 52.1 Å². The SMILES string of the molecule is COc1cc(-c2cc(=O)c3c(O)cc(O[C@@H]4O[C@H](COC(=O)C=Cc5ccc(O)c(O)c5)[C@@H](O)[C@H](OC(=O)C=Cc5ccc(O)c(O)c5)[C@H]4O)cc3o2)ccc1O. The van der Waals surface area contributed by atoms with E-state index in [1.165, 1.54) is 73.9 Å². The largest absolute Gasteiger partial charge is 0.507 e. The van der Waals surface area contributed by atoms with Gasteiger partial charge in [0.25, 0.3) is 0 Å². The zero-order valence-corrected chi connectivity index (χ0v) is 29.6. The molecule has 17 nitrogen and oxygen atoms in total. The Bertz CT molecular complexity index is 2430. The number of aliphatic hydroxyl groups is 2. The second-order valence-corrected chi connectivity index (χ2v) is 12.5. The molecule has 1 fully saturated rings. The van der Waals surface area contributed by atoms with Gasteiger partial charge in [-0.3, -0.25) is 4.79 Å². The van der Waals surface area contributed by atoms with Crippen molar-refractivity contribution in [3.8, 4) is 57.3 Å². The van der Waals surface area contributed by atoms with Crippen LogP contribution in [0.1, 0.15) is 11.1 Å². The van der Waals surface area contributed by atoms with Gasteiger partial charge in [-0.15, -0.1) is 0 Å². The summed E-state index contributed by atoms with van der Waals surface area (Å²) in [7, 11) is 1.34. The van der Waals surface area contributed by atoms with Crippen LogP contribution in [0.25, 0.3) is 34.4 Å². The molecule has 4 aromatic carbocycles. The van der Waals surface area contributed by atoms with Crippen LogP contribution in [-0.2, 0) is 23.8 Å². The van der Waals surface area contributed by atoms with Gasteiger partial charge in [0.05, 0.1) is 7.11 Å². The third-order valence-electron chi connectivity index (χ3n) is 8.61. The number of fused-ring (bicyclic) bond motifs is 1. The summed E-state index contributed by atoms with van der Waals surface area (Å²) < 4.78 is 33.3. The van der Waals surface area contributed by atoms with Crippen molar-refractivity contribution in [2.45, 2.75) is 30.7 Å². The summed E-state index contributed by atoms with van der Waals surface area (Å²) in [5, 5.41) is 81.6. The molecule has 0 bridgehead atoms. The van der Waals surface area contributed by atoms with Crippen LogP contribution in [0, 0.1) is 0 Å². The van der Waals surface area contributed by atoms with E-state index in [-0.39, 0.29) is 45.3 Å². The number of hydrogen-bond donors (Lipinski definition) is 8. The predicted molar refractivity (Wildman–Crippen MR) is 198 cm³/mol. The van der Waals surface area contributed by atoms with Crippen molar-refractivity contribution < 1.29 is 78.5 Å². The van der Waals surface area contributed by atoms with E-state index in [1.807, 2.05) is 0 Å². The van der Waals surface area contributed by atoms with Crippen LogP contribution in [0.15, 0.2) is 94.2 Å². The van der Waals surface area contributed by atoms with Crippen molar-refractivity contribution in [2.24, 2.45) is 0 Å². The van der Waals surface area contributed by atoms with Gasteiger partial charge in [0, 0.05) is 35.9 Å². The van der Waals surface area contributed by atoms with E-state index in [1.54, 1.807) is 0 Å². The number of methoxy groups -OCH3 is 1. The number of ether oxygens (including phenoxy) is 5. The van der Waals surface area contributed by atoms with E-state index in [4.69, 9.17) is 28.1 Å². The van der Waals surface area contributed by atoms with Crippen molar-refractivity contribution in [1.29, 1.82) is 0 Å². The van der Waals surface area contributed by atoms with E-state index >= 15 is 0 Å². The molecule has 0 unspecified atom stereocenters. The maximum Gasteiger partial charge on any atom is 0.331 e. The van der Waals surface area contributed by atoms with Crippen molar-refractivity contribution in [3.63, 3.8) is 0 Å². The van der Waals surface area contributed by atoms with Crippen LogP contribution in [0.3, 0.4) is 0 Å². The normalized spacial score (nSPS) is 19.5. The maximum absolute atomic E-state index is 13.1. The smallest absolute Gasteiger partial charge is 0.331 e. The number of carbonyl (C=O) groups excluding carboxylic acids is 2. The number of aromatic hydroxyl groups is 6. The summed E-state index contributed by atoms with van der Waals surface area (Å²) in [6.07, 6.45) is -4.42. The van der Waals surface area contributed by atoms with Crippen LogP contribution >= 0.6 is 0 Å². The molecule has 1 aliphatic rings. The summed E-state index contributed by atoms with van der Waals surface area (Å²) in [4.78, 5) is 38.6. The van der Waals surface area contributed by atoms with E-state index in [0.717, 1.165) is 30.4 Å². The molecule has 0 amide bonds. The molecule has 17 heteroatoms. The van der Waals surface area contributed by atoms with Crippen LogP contribution < -0.4 is 14.9 Å². The fourth-order valence-corrected chi connectivity index (χ4v) is 5.70. The van der Waals surface area contributed by atoms with Gasteiger partial charge in [0.1, 0.15) is 47.0 Å². The molecule has 8 N–H and O–H groups in total. The lowest BCUT2D eigenvalue weighted by Gasteiger charge is -2.41. The maximum atomic E-state index is 13.1. The highest BCUT2D eigenvalue weighted by Crippen LogP contribution is 2.36. The summed E-state index contributed by atoms with van der Waals surface area (Å²) in [6.45, 7) is -0.675. The second-order valence-electron chi connectivity index (χ2n) is 12.5. The molecule has 1 aromatic heterocycles. The first-order valence-corrected chi connectivity index (χ1v) is 16.8. The molecule has 0 aliphatic carbocycles. The van der Waals surface area contributed by atoms with Crippen molar-refractivity contribution in [3.05, 3.63) is 106 Å². The predicted octanol–water partition coefficient (Wildman–Crippen LogP) is 3.41. The number of hydrogen-bond acceptors (Lipinski definition) is 17. The highest BCUT2D eigenvalue weighted by Gasteiger charge is 2.48. The Morgan fingerprint density at radius 3 is 1.98 bits per heavy atom. The summed E-state index contributed by atoms with van der Waals surface area (Å²) in [5.41, 5.74) is 0.147. The average molecular weight is 787 g/mol. The molecule has 0 spiro atoms. The molecule has 57 heavy (non-hydrogen) atoms. The molecule has 2 heterocycles. The molecule has 296 valence electrons. The first-order valence-electron chi connectivity index (χ1n) is 16.8. The highest BCUT2D eigenvalue weighted by molar-refractivity contribution is 5.88. The van der Waals surface area contributed by atoms with Crippen molar-refractivity contribution in [2.75, 3.05) is 13.7 Å². The molecule has 0 saturated carbocycles. The molecule has 1 saturated heterocycles. The van der Waals surface area contributed by atoms with E-state index in [2.05, 4.69) is 0 Å². The minimum Gasteiger partial charge on any atom is -0.507 e. The lowest BCUT2D eigenvalue weighted by atomic mass is 9.99. The summed E-state index contributed by atoms with van der Waals surface area (Å²) >= 11 is 0. The summed E-state index contributed by atoms with van der Waals surface area (Å²) in [5.74, 6) is -4.50. The van der Waals surface area contributed by atoms with Gasteiger partial charge in [-0.1, -0.05) is 12.1 Å². The highest BCUT2D eigenvalue weighted by atomic mass is 16.7. The van der Waals surface area contributed by atoms with E-state index < -0.39 is 77.7 Å². The molecule has 5 atom stereocenters. The van der Waals surface area contributed by atoms with Crippen LogP contribution in [0.4, 0.5) is 0 Å². The minimum absolute atomic E-state index is 0.0279.